The van der Waals surface area contributed by atoms with Gasteiger partial charge in [0, 0.05) is 30.8 Å². The van der Waals surface area contributed by atoms with E-state index in [1.54, 1.807) is 0 Å². The van der Waals surface area contributed by atoms with Crippen LogP contribution >= 0.6 is 11.6 Å². The third-order valence-corrected chi connectivity index (χ3v) is 6.55. The molecule has 1 aliphatic heterocycles. The molecule has 0 spiro atoms. The Kier molecular flexibility index (Phi) is 6.80. The molecule has 14 heteroatoms. The summed E-state index contributed by atoms with van der Waals surface area (Å²) in [6, 6.07) is 7.42. The first-order valence-electron chi connectivity index (χ1n) is 8.79. The quantitative estimate of drug-likeness (QED) is 0.368. The van der Waals surface area contributed by atoms with Crippen molar-refractivity contribution in [3.63, 3.8) is 0 Å². The summed E-state index contributed by atoms with van der Waals surface area (Å²) in [6.07, 6.45) is 1.21. The molecule has 3 rings (SSSR count). The fourth-order valence-electron chi connectivity index (χ4n) is 2.78. The molecule has 1 aliphatic rings. The van der Waals surface area contributed by atoms with Gasteiger partial charge in [-0.1, -0.05) is 17.7 Å². The van der Waals surface area contributed by atoms with E-state index in [2.05, 4.69) is 10.5 Å². The first kappa shape index (κ1) is 22.6. The molecule has 0 atom stereocenters. The molecule has 0 unspecified atom stereocenters. The van der Waals surface area contributed by atoms with Crippen LogP contribution in [0.25, 0.3) is 0 Å². The molecule has 0 radical (unpaired) electrons. The average molecular weight is 470 g/mol. The summed E-state index contributed by atoms with van der Waals surface area (Å²) in [5, 5.41) is 26.2. The van der Waals surface area contributed by atoms with Gasteiger partial charge < -0.3 is 4.74 Å². The Bertz CT molecular complexity index is 1150. The van der Waals surface area contributed by atoms with Crippen molar-refractivity contribution in [2.45, 2.75) is 4.90 Å². The van der Waals surface area contributed by atoms with Crippen molar-refractivity contribution in [2.75, 3.05) is 31.7 Å². The zero-order valence-electron chi connectivity index (χ0n) is 15.8. The van der Waals surface area contributed by atoms with Crippen molar-refractivity contribution in [3.05, 3.63) is 67.2 Å². The number of hydrogen-bond donors (Lipinski definition) is 1. The molecule has 0 amide bonds. The highest BCUT2D eigenvalue weighted by molar-refractivity contribution is 7.89. The van der Waals surface area contributed by atoms with Crippen LogP contribution in [-0.4, -0.2) is 55.1 Å². The second-order valence-electron chi connectivity index (χ2n) is 6.29. The highest BCUT2D eigenvalue weighted by Crippen LogP contribution is 2.29. The molecule has 0 saturated carbocycles. The minimum absolute atomic E-state index is 0.0391. The maximum absolute atomic E-state index is 12.7. The van der Waals surface area contributed by atoms with E-state index >= 15 is 0 Å². The standard InChI is InChI=1S/C17H16ClN5O7S/c18-14-3-1-12(9-16(14)22(24)25)11-19-20-15-4-2-13(10-17(15)23(26)27)31(28,29)21-5-7-30-8-6-21/h1-4,9-11,20H,5-8H2/b19-11-. The van der Waals surface area contributed by atoms with Crippen LogP contribution in [0, 0.1) is 20.2 Å². The highest BCUT2D eigenvalue weighted by atomic mass is 35.5. The number of rotatable bonds is 7. The summed E-state index contributed by atoms with van der Waals surface area (Å²) in [6.45, 7) is 0.818. The Hall–Kier alpha value is -3.13. The summed E-state index contributed by atoms with van der Waals surface area (Å²) in [7, 11) is -3.91. The molecule has 31 heavy (non-hydrogen) atoms. The van der Waals surface area contributed by atoms with Gasteiger partial charge >= 0.3 is 0 Å². The smallest absolute Gasteiger partial charge is 0.295 e. The Labute approximate surface area is 181 Å². The third-order valence-electron chi connectivity index (χ3n) is 4.34. The van der Waals surface area contributed by atoms with Gasteiger partial charge in [0.25, 0.3) is 11.4 Å². The number of ether oxygens (including phenoxy) is 1. The van der Waals surface area contributed by atoms with E-state index in [0.29, 0.717) is 5.56 Å². The molecule has 1 fully saturated rings. The molecule has 0 aliphatic carbocycles. The minimum Gasteiger partial charge on any atom is -0.379 e. The number of nitro groups is 2. The fourth-order valence-corrected chi connectivity index (χ4v) is 4.39. The van der Waals surface area contributed by atoms with Gasteiger partial charge in [-0.3, -0.25) is 25.7 Å². The Morgan fingerprint density at radius 2 is 1.74 bits per heavy atom. The zero-order chi connectivity index (χ0) is 22.6. The van der Waals surface area contributed by atoms with Crippen LogP contribution in [0.3, 0.4) is 0 Å². The maximum Gasteiger partial charge on any atom is 0.295 e. The highest BCUT2D eigenvalue weighted by Gasteiger charge is 2.28. The van der Waals surface area contributed by atoms with Crippen LogP contribution in [-0.2, 0) is 14.8 Å². The monoisotopic (exact) mass is 469 g/mol. The second kappa shape index (κ2) is 9.34. The molecular weight excluding hydrogens is 454 g/mol. The molecule has 1 saturated heterocycles. The van der Waals surface area contributed by atoms with E-state index in [0.717, 1.165) is 6.07 Å². The summed E-state index contributed by atoms with van der Waals surface area (Å²) in [4.78, 5) is 20.8. The van der Waals surface area contributed by atoms with E-state index in [4.69, 9.17) is 16.3 Å². The summed E-state index contributed by atoms with van der Waals surface area (Å²) in [5.41, 5.74) is 1.94. The number of hydrazone groups is 1. The van der Waals surface area contributed by atoms with E-state index in [1.165, 1.54) is 40.9 Å². The molecule has 2 aromatic rings. The number of halogens is 1. The normalized spacial score (nSPS) is 15.1. The molecule has 1 heterocycles. The van der Waals surface area contributed by atoms with Crippen LogP contribution in [0.1, 0.15) is 5.56 Å². The first-order chi connectivity index (χ1) is 14.7. The molecular formula is C17H16ClN5O7S. The molecule has 2 aromatic carbocycles. The first-order valence-corrected chi connectivity index (χ1v) is 10.6. The lowest BCUT2D eigenvalue weighted by molar-refractivity contribution is -0.384. The van der Waals surface area contributed by atoms with Gasteiger partial charge in [-0.05, 0) is 18.2 Å². The topological polar surface area (TPSA) is 157 Å². The van der Waals surface area contributed by atoms with E-state index < -0.39 is 25.6 Å². The number of morpholine rings is 1. The Morgan fingerprint density at radius 3 is 2.39 bits per heavy atom. The fraction of sp³-hybridized carbons (Fsp3) is 0.235. The number of benzene rings is 2. The van der Waals surface area contributed by atoms with Crippen molar-refractivity contribution in [1.29, 1.82) is 0 Å². The SMILES string of the molecule is O=[N+]([O-])c1cc(/C=N\Nc2ccc(S(=O)(=O)N3CCOCC3)cc2[N+](=O)[O-])ccc1Cl. The lowest BCUT2D eigenvalue weighted by atomic mass is 10.2. The lowest BCUT2D eigenvalue weighted by Gasteiger charge is -2.26. The third kappa shape index (κ3) is 5.14. The van der Waals surface area contributed by atoms with Gasteiger partial charge in [0.05, 0.1) is 34.2 Å². The lowest BCUT2D eigenvalue weighted by Crippen LogP contribution is -2.40. The van der Waals surface area contributed by atoms with Crippen LogP contribution < -0.4 is 5.43 Å². The van der Waals surface area contributed by atoms with Crippen LogP contribution in [0.2, 0.25) is 5.02 Å². The van der Waals surface area contributed by atoms with Crippen molar-refractivity contribution in [3.8, 4) is 0 Å². The van der Waals surface area contributed by atoms with Crippen molar-refractivity contribution >= 4 is 44.9 Å². The van der Waals surface area contributed by atoms with Crippen LogP contribution in [0.5, 0.6) is 0 Å². The average Bonchev–Trinajstić information content (AvgIpc) is 2.75. The Balaban J connectivity index is 1.84. The molecule has 164 valence electrons. The van der Waals surface area contributed by atoms with Crippen molar-refractivity contribution < 1.29 is 23.0 Å². The van der Waals surface area contributed by atoms with Gasteiger partial charge in [0.2, 0.25) is 10.0 Å². The van der Waals surface area contributed by atoms with Gasteiger partial charge in [-0.15, -0.1) is 0 Å². The van der Waals surface area contributed by atoms with Gasteiger partial charge in [-0.2, -0.15) is 9.41 Å². The van der Waals surface area contributed by atoms with E-state index in [9.17, 15) is 28.6 Å². The summed E-state index contributed by atoms with van der Waals surface area (Å²) >= 11 is 5.75. The van der Waals surface area contributed by atoms with Crippen LogP contribution in [0.4, 0.5) is 17.1 Å². The zero-order valence-corrected chi connectivity index (χ0v) is 17.4. The van der Waals surface area contributed by atoms with Gasteiger partial charge in [-0.25, -0.2) is 8.42 Å². The van der Waals surface area contributed by atoms with Crippen LogP contribution in [0.15, 0.2) is 46.4 Å². The predicted molar refractivity (Wildman–Crippen MR) is 112 cm³/mol. The number of nitrogens with zero attached hydrogens (tertiary/aromatic N) is 4. The molecule has 12 nitrogen and oxygen atoms in total. The predicted octanol–water partition coefficient (Wildman–Crippen LogP) is 2.62. The molecule has 0 aromatic heterocycles. The van der Waals surface area contributed by atoms with E-state index in [-0.39, 0.29) is 47.6 Å². The maximum atomic E-state index is 12.7. The Morgan fingerprint density at radius 1 is 1.06 bits per heavy atom. The second-order valence-corrected chi connectivity index (χ2v) is 8.64. The molecule has 1 N–H and O–H groups in total. The number of anilines is 1. The van der Waals surface area contributed by atoms with E-state index in [1.807, 2.05) is 0 Å². The van der Waals surface area contributed by atoms with Crippen molar-refractivity contribution in [2.24, 2.45) is 5.10 Å². The number of nitrogens with one attached hydrogen (secondary N) is 1. The number of nitro benzene ring substituents is 2. The largest absolute Gasteiger partial charge is 0.379 e. The van der Waals surface area contributed by atoms with Gasteiger partial charge in [0.1, 0.15) is 10.7 Å². The number of sulfonamides is 1. The van der Waals surface area contributed by atoms with Gasteiger partial charge in [0.15, 0.2) is 0 Å². The molecule has 0 bridgehead atoms. The summed E-state index contributed by atoms with van der Waals surface area (Å²) < 4.78 is 31.8. The number of hydrogen-bond acceptors (Lipinski definition) is 9. The minimum atomic E-state index is -3.91. The van der Waals surface area contributed by atoms with Crippen molar-refractivity contribution in [1.82, 2.24) is 4.31 Å². The summed E-state index contributed by atoms with van der Waals surface area (Å²) in [5.74, 6) is 0.